The minimum atomic E-state index is -3.69. The number of fused-ring (bicyclic) bond motifs is 2. The van der Waals surface area contributed by atoms with Crippen molar-refractivity contribution >= 4 is 27.5 Å². The van der Waals surface area contributed by atoms with Crippen molar-refractivity contribution in [1.82, 2.24) is 10.2 Å². The number of sulfonamides is 1. The van der Waals surface area contributed by atoms with Crippen molar-refractivity contribution < 1.29 is 13.2 Å². The molecule has 3 aromatic carbocycles. The van der Waals surface area contributed by atoms with E-state index >= 15 is 0 Å². The summed E-state index contributed by atoms with van der Waals surface area (Å²) in [4.78, 5) is 15.4. The van der Waals surface area contributed by atoms with Crippen molar-refractivity contribution in [2.24, 2.45) is 4.40 Å². The molecule has 0 atom stereocenters. The molecule has 0 saturated carbocycles. The molecule has 2 aliphatic heterocycles. The standard InChI is InChI=1S/C27H28N4O3S/c1-27(2,31-16-15-19-7-3-4-8-21(19)17-31)18-28-26(32)20-11-13-22(14-12-20)29-25-23-9-5-6-10-24(23)35(33,34)30-25/h3-14H,15-18H2,1-2H3,(H,28,32)(H,29,30). The van der Waals surface area contributed by atoms with Crippen LogP contribution in [0, 0.1) is 0 Å². The third-order valence-electron chi connectivity index (χ3n) is 6.71. The van der Waals surface area contributed by atoms with Crippen LogP contribution in [0.3, 0.4) is 0 Å². The highest BCUT2D eigenvalue weighted by Crippen LogP contribution is 2.27. The maximum Gasteiger partial charge on any atom is 0.285 e. The summed E-state index contributed by atoms with van der Waals surface area (Å²) < 4.78 is 28.3. The van der Waals surface area contributed by atoms with Crippen LogP contribution in [0.1, 0.15) is 40.9 Å². The molecule has 35 heavy (non-hydrogen) atoms. The smallest absolute Gasteiger partial charge is 0.285 e. The van der Waals surface area contributed by atoms with Gasteiger partial charge >= 0.3 is 0 Å². The van der Waals surface area contributed by atoms with Gasteiger partial charge in [0, 0.05) is 42.0 Å². The molecule has 2 heterocycles. The second-order valence-electron chi connectivity index (χ2n) is 9.55. The molecule has 5 rings (SSSR count). The lowest BCUT2D eigenvalue weighted by Gasteiger charge is -2.41. The molecule has 0 radical (unpaired) electrons. The fraction of sp³-hybridized carbons (Fsp3) is 0.259. The number of amidine groups is 1. The van der Waals surface area contributed by atoms with Gasteiger partial charge in [0.2, 0.25) is 0 Å². The summed E-state index contributed by atoms with van der Waals surface area (Å²) in [5.41, 5.74) is 4.29. The van der Waals surface area contributed by atoms with E-state index in [4.69, 9.17) is 0 Å². The number of anilines is 1. The predicted molar refractivity (Wildman–Crippen MR) is 137 cm³/mol. The Hall–Kier alpha value is -3.49. The monoisotopic (exact) mass is 488 g/mol. The average Bonchev–Trinajstić information content (AvgIpc) is 3.12. The van der Waals surface area contributed by atoms with Gasteiger partial charge in [0.05, 0.1) is 0 Å². The molecule has 0 unspecified atom stereocenters. The first kappa shape index (κ1) is 23.3. The lowest BCUT2D eigenvalue weighted by molar-refractivity contribution is 0.0826. The van der Waals surface area contributed by atoms with E-state index in [9.17, 15) is 13.2 Å². The molecule has 0 bridgehead atoms. The van der Waals surface area contributed by atoms with Crippen LogP contribution in [0.15, 0.2) is 82.1 Å². The predicted octanol–water partition coefficient (Wildman–Crippen LogP) is 3.81. The first-order chi connectivity index (χ1) is 16.7. The zero-order valence-electron chi connectivity index (χ0n) is 19.8. The Bertz CT molecular complexity index is 1410. The highest BCUT2D eigenvalue weighted by molar-refractivity contribution is 7.90. The first-order valence-corrected chi connectivity index (χ1v) is 13.1. The number of carbonyl (C=O) groups is 1. The molecule has 0 aliphatic carbocycles. The van der Waals surface area contributed by atoms with E-state index in [2.05, 4.69) is 58.0 Å². The fourth-order valence-electron chi connectivity index (χ4n) is 4.56. The first-order valence-electron chi connectivity index (χ1n) is 11.6. The van der Waals surface area contributed by atoms with Crippen molar-refractivity contribution in [3.05, 3.63) is 95.1 Å². The fourth-order valence-corrected chi connectivity index (χ4v) is 5.74. The maximum atomic E-state index is 12.8. The number of nitrogens with zero attached hydrogens (tertiary/aromatic N) is 2. The summed E-state index contributed by atoms with van der Waals surface area (Å²) in [6.07, 6.45) is 1.01. The molecule has 7 nitrogen and oxygen atoms in total. The summed E-state index contributed by atoms with van der Waals surface area (Å²) >= 11 is 0. The van der Waals surface area contributed by atoms with Gasteiger partial charge in [-0.25, -0.2) is 0 Å². The van der Waals surface area contributed by atoms with Gasteiger partial charge in [-0.15, -0.1) is 4.40 Å². The molecular formula is C27H28N4O3S. The summed E-state index contributed by atoms with van der Waals surface area (Å²) in [7, 11) is -3.69. The van der Waals surface area contributed by atoms with Crippen LogP contribution < -0.4 is 10.6 Å². The van der Waals surface area contributed by atoms with Gasteiger partial charge in [-0.2, -0.15) is 8.42 Å². The molecule has 2 aliphatic rings. The summed E-state index contributed by atoms with van der Waals surface area (Å²) in [5.74, 6) is 0.135. The third-order valence-corrected chi connectivity index (χ3v) is 8.04. The zero-order chi connectivity index (χ0) is 24.6. The second kappa shape index (κ2) is 8.94. The minimum Gasteiger partial charge on any atom is -0.350 e. The minimum absolute atomic E-state index is 0.145. The van der Waals surface area contributed by atoms with Crippen molar-refractivity contribution in [2.75, 3.05) is 18.4 Å². The Morgan fingerprint density at radius 3 is 2.43 bits per heavy atom. The Kier molecular flexibility index (Phi) is 5.94. The van der Waals surface area contributed by atoms with Gasteiger partial charge in [-0.1, -0.05) is 36.4 Å². The van der Waals surface area contributed by atoms with E-state index in [1.165, 1.54) is 11.1 Å². The molecular weight excluding hydrogens is 460 g/mol. The molecule has 2 N–H and O–H groups in total. The van der Waals surface area contributed by atoms with E-state index in [0.717, 1.165) is 19.5 Å². The summed E-state index contributed by atoms with van der Waals surface area (Å²) in [6.45, 7) is 6.68. The molecule has 1 amide bonds. The van der Waals surface area contributed by atoms with E-state index < -0.39 is 10.0 Å². The van der Waals surface area contributed by atoms with Gasteiger partial charge in [-0.3, -0.25) is 9.69 Å². The molecule has 0 fully saturated rings. The number of nitrogens with one attached hydrogen (secondary N) is 2. The van der Waals surface area contributed by atoms with Crippen LogP contribution in [0.4, 0.5) is 5.69 Å². The second-order valence-corrected chi connectivity index (χ2v) is 11.1. The normalized spacial score (nSPS) is 16.7. The van der Waals surface area contributed by atoms with E-state index in [1.54, 1.807) is 48.5 Å². The van der Waals surface area contributed by atoms with Crippen LogP contribution in [0.25, 0.3) is 0 Å². The van der Waals surface area contributed by atoms with Crippen LogP contribution in [0.2, 0.25) is 0 Å². The van der Waals surface area contributed by atoms with E-state index in [0.29, 0.717) is 23.4 Å². The Morgan fingerprint density at radius 2 is 1.66 bits per heavy atom. The quantitative estimate of drug-likeness (QED) is 0.570. The van der Waals surface area contributed by atoms with Crippen molar-refractivity contribution in [1.29, 1.82) is 0 Å². The molecule has 180 valence electrons. The Morgan fingerprint density at radius 1 is 0.971 bits per heavy atom. The van der Waals surface area contributed by atoms with Crippen LogP contribution in [-0.4, -0.2) is 43.7 Å². The van der Waals surface area contributed by atoms with Gasteiger partial charge in [0.1, 0.15) is 4.90 Å². The summed E-state index contributed by atoms with van der Waals surface area (Å²) in [6, 6.07) is 22.2. The largest absolute Gasteiger partial charge is 0.350 e. The topological polar surface area (TPSA) is 90.9 Å². The maximum absolute atomic E-state index is 12.8. The van der Waals surface area contributed by atoms with E-state index in [1.807, 2.05) is 0 Å². The third kappa shape index (κ3) is 4.72. The lowest BCUT2D eigenvalue weighted by Crippen LogP contribution is -2.53. The SMILES string of the molecule is CC(C)(CNC(=O)c1ccc(NC2=NS(=O)(=O)c3ccccc32)cc1)N1CCc2ccccc2C1. The highest BCUT2D eigenvalue weighted by atomic mass is 32.2. The number of carbonyl (C=O) groups excluding carboxylic acids is 1. The highest BCUT2D eigenvalue weighted by Gasteiger charge is 2.30. The average molecular weight is 489 g/mol. The van der Waals surface area contributed by atoms with Gasteiger partial charge in [0.15, 0.2) is 5.84 Å². The van der Waals surface area contributed by atoms with Crippen molar-refractivity contribution in [3.8, 4) is 0 Å². The molecule has 0 spiro atoms. The number of hydrogen-bond acceptors (Lipinski definition) is 5. The van der Waals surface area contributed by atoms with Crippen LogP contribution in [-0.2, 0) is 23.0 Å². The summed E-state index contributed by atoms with van der Waals surface area (Å²) in [5, 5.41) is 6.13. The molecule has 8 heteroatoms. The van der Waals surface area contributed by atoms with E-state index in [-0.39, 0.29) is 22.2 Å². The van der Waals surface area contributed by atoms with Crippen molar-refractivity contribution in [2.45, 2.75) is 37.2 Å². The Balaban J connectivity index is 1.21. The van der Waals surface area contributed by atoms with Gasteiger partial charge in [-0.05, 0) is 67.8 Å². The molecule has 0 aromatic heterocycles. The van der Waals surface area contributed by atoms with Crippen molar-refractivity contribution in [3.63, 3.8) is 0 Å². The Labute approximate surface area is 205 Å². The van der Waals surface area contributed by atoms with Gasteiger partial charge in [0.25, 0.3) is 15.9 Å². The number of benzene rings is 3. The number of hydrogen-bond donors (Lipinski definition) is 2. The molecule has 3 aromatic rings. The van der Waals surface area contributed by atoms with Crippen LogP contribution >= 0.6 is 0 Å². The van der Waals surface area contributed by atoms with Gasteiger partial charge < -0.3 is 10.6 Å². The lowest BCUT2D eigenvalue weighted by atomic mass is 9.94. The number of amides is 1. The molecule has 0 saturated heterocycles. The van der Waals surface area contributed by atoms with Crippen LogP contribution in [0.5, 0.6) is 0 Å². The number of rotatable bonds is 5. The zero-order valence-corrected chi connectivity index (χ0v) is 20.6.